The second-order valence-electron chi connectivity index (χ2n) is 3.90. The number of nitrogens with two attached hydrogens (primary N) is 1. The van der Waals surface area contributed by atoms with Crippen LogP contribution in [0, 0.1) is 0 Å². The van der Waals surface area contributed by atoms with Crippen molar-refractivity contribution < 1.29 is 21.3 Å². The summed E-state index contributed by atoms with van der Waals surface area (Å²) >= 11 is 0. The van der Waals surface area contributed by atoms with Crippen LogP contribution in [0.2, 0.25) is 0 Å². The van der Waals surface area contributed by atoms with Gasteiger partial charge in [0.05, 0.1) is 41.9 Å². The Hall–Kier alpha value is -0.210. The first-order valence-electron chi connectivity index (χ1n) is 4.55. The molecule has 94 valence electrons. The predicted octanol–water partition coefficient (Wildman–Crippen LogP) is -0.435. The van der Waals surface area contributed by atoms with Crippen LogP contribution in [0.5, 0.6) is 0 Å². The topological polar surface area (TPSA) is 78.6 Å². The fourth-order valence-electron chi connectivity index (χ4n) is 0.634. The third-order valence-electron chi connectivity index (χ3n) is 1.44. The highest BCUT2D eigenvalue weighted by Crippen LogP contribution is 1.90. The molecule has 7 heteroatoms. The van der Waals surface area contributed by atoms with Crippen molar-refractivity contribution in [3.05, 3.63) is 0 Å². The molecule has 0 radical (unpaired) electrons. The van der Waals surface area contributed by atoms with Gasteiger partial charge in [0.1, 0.15) is 0 Å². The van der Waals surface area contributed by atoms with Gasteiger partial charge < -0.3 is 10.2 Å². The molecule has 0 saturated heterocycles. The van der Waals surface area contributed by atoms with E-state index in [0.717, 1.165) is 31.7 Å². The summed E-state index contributed by atoms with van der Waals surface area (Å²) < 4.78 is 28.5. The minimum absolute atomic E-state index is 0.815. The predicted molar refractivity (Wildman–Crippen MR) is 59.5 cm³/mol. The van der Waals surface area contributed by atoms with E-state index in [2.05, 4.69) is 29.5 Å². The highest BCUT2D eigenvalue weighted by molar-refractivity contribution is 7.81. The molecule has 0 aromatic rings. The van der Waals surface area contributed by atoms with E-state index in [1.807, 2.05) is 0 Å². The van der Waals surface area contributed by atoms with E-state index < -0.39 is 10.4 Å². The van der Waals surface area contributed by atoms with Gasteiger partial charge in [0, 0.05) is 6.42 Å². The van der Waals surface area contributed by atoms with E-state index in [-0.39, 0.29) is 0 Å². The largest absolute Gasteiger partial charge is 0.399 e. The molecule has 0 aliphatic rings. The molecule has 2 N–H and O–H groups in total. The average Bonchev–Trinajstić information content (AvgIpc) is 2.15. The second kappa shape index (κ2) is 8.00. The lowest BCUT2D eigenvalue weighted by Crippen LogP contribution is -2.36. The maximum atomic E-state index is 9.92. The lowest BCUT2D eigenvalue weighted by atomic mass is 10.4. The van der Waals surface area contributed by atoms with Crippen LogP contribution in [0.15, 0.2) is 0 Å². The maximum absolute atomic E-state index is 9.92. The third kappa shape index (κ3) is 16.5. The molecule has 0 fully saturated rings. The van der Waals surface area contributed by atoms with Crippen molar-refractivity contribution in [3.63, 3.8) is 0 Å². The van der Waals surface area contributed by atoms with E-state index >= 15 is 0 Å². The minimum Gasteiger partial charge on any atom is -0.331 e. The Bertz CT molecular complexity index is 224. The van der Waals surface area contributed by atoms with Crippen LogP contribution in [0.3, 0.4) is 0 Å². The van der Waals surface area contributed by atoms with Gasteiger partial charge in [-0.25, -0.2) is 0 Å². The van der Waals surface area contributed by atoms with Gasteiger partial charge in [0.15, 0.2) is 0 Å². The fourth-order valence-corrected chi connectivity index (χ4v) is 0.770. The highest BCUT2D eigenvalue weighted by Gasteiger charge is 2.03. The summed E-state index contributed by atoms with van der Waals surface area (Å²) in [4.78, 5) is 0. The molecule has 0 aliphatic carbocycles. The average molecular weight is 243 g/mol. The molecule has 15 heavy (non-hydrogen) atoms. The quantitative estimate of drug-likeness (QED) is 0.663. The van der Waals surface area contributed by atoms with Crippen LogP contribution in [-0.2, 0) is 18.8 Å². The van der Waals surface area contributed by atoms with Crippen molar-refractivity contribution in [3.8, 4) is 0 Å². The molecule has 0 heterocycles. The first-order chi connectivity index (χ1) is 6.68. The zero-order valence-corrected chi connectivity index (χ0v) is 11.0. The van der Waals surface area contributed by atoms with Gasteiger partial charge in [0.2, 0.25) is 0 Å². The second-order valence-corrected chi connectivity index (χ2v) is 5.38. The number of nitrogens with zero attached hydrogens (tertiary/aromatic N) is 1. The molecule has 0 unspecified atom stereocenters. The lowest BCUT2D eigenvalue weighted by Gasteiger charge is -2.23. The molecule has 0 saturated carbocycles. The Balaban J connectivity index is 0. The zero-order valence-electron chi connectivity index (χ0n) is 10.2. The van der Waals surface area contributed by atoms with Crippen molar-refractivity contribution in [1.82, 2.24) is 0 Å². The molecule has 0 aromatic carbocycles. The maximum Gasteiger partial charge on any atom is 0.399 e. The van der Waals surface area contributed by atoms with Gasteiger partial charge in [-0.3, -0.25) is 8.37 Å². The molecular weight excluding hydrogens is 220 g/mol. The van der Waals surface area contributed by atoms with Crippen molar-refractivity contribution in [2.24, 2.45) is 5.73 Å². The Morgan fingerprint density at radius 1 is 1.13 bits per heavy atom. The molecule has 0 aliphatic heterocycles. The summed E-state index contributed by atoms with van der Waals surface area (Å²) in [5.74, 6) is 0. The van der Waals surface area contributed by atoms with Gasteiger partial charge in [-0.1, -0.05) is 0 Å². The van der Waals surface area contributed by atoms with Gasteiger partial charge in [-0.15, -0.1) is 0 Å². The summed E-state index contributed by atoms with van der Waals surface area (Å²) in [6.07, 6.45) is 1.13. The molecule has 0 aromatic heterocycles. The van der Waals surface area contributed by atoms with Gasteiger partial charge in [-0.05, 0) is 6.54 Å². The van der Waals surface area contributed by atoms with Crippen LogP contribution in [0.4, 0.5) is 0 Å². The Morgan fingerprint density at radius 2 is 1.53 bits per heavy atom. The van der Waals surface area contributed by atoms with E-state index in [4.69, 9.17) is 5.73 Å². The first-order valence-corrected chi connectivity index (χ1v) is 5.88. The molecule has 0 atom stereocenters. The first kappa shape index (κ1) is 17.2. The van der Waals surface area contributed by atoms with Crippen LogP contribution in [0.25, 0.3) is 0 Å². The summed E-state index contributed by atoms with van der Waals surface area (Å²) in [5.41, 5.74) is 5.33. The van der Waals surface area contributed by atoms with E-state index in [0.29, 0.717) is 0 Å². The van der Waals surface area contributed by atoms with E-state index in [1.165, 1.54) is 6.54 Å². The van der Waals surface area contributed by atoms with Gasteiger partial charge in [-0.2, -0.15) is 8.42 Å². The molecule has 6 nitrogen and oxygen atoms in total. The normalized spacial score (nSPS) is 11.9. The summed E-state index contributed by atoms with van der Waals surface area (Å²) in [5, 5.41) is 0. The van der Waals surface area contributed by atoms with Crippen LogP contribution in [-0.4, -0.2) is 61.4 Å². The standard InChI is InChI=1S/C6H17N2.C2H6O4S/c1-8(2,3)6-4-5-7;1-5-7(3,4)6-2/h4-7H2,1-3H3;1-2H3/q+1;. The summed E-state index contributed by atoms with van der Waals surface area (Å²) in [7, 11) is 4.92. The zero-order chi connectivity index (χ0) is 12.5. The van der Waals surface area contributed by atoms with E-state index in [1.54, 1.807) is 0 Å². The van der Waals surface area contributed by atoms with Crippen molar-refractivity contribution in [2.45, 2.75) is 6.42 Å². The van der Waals surface area contributed by atoms with E-state index in [9.17, 15) is 8.42 Å². The van der Waals surface area contributed by atoms with Crippen LogP contribution in [0.1, 0.15) is 6.42 Å². The minimum atomic E-state index is -3.66. The number of rotatable bonds is 5. The monoisotopic (exact) mass is 243 g/mol. The van der Waals surface area contributed by atoms with Gasteiger partial charge >= 0.3 is 10.4 Å². The molecule has 0 bridgehead atoms. The Kier molecular flexibility index (Phi) is 9.17. The summed E-state index contributed by atoms with van der Waals surface area (Å²) in [6.45, 7) is 1.99. The fraction of sp³-hybridized carbons (Fsp3) is 1.00. The molecule has 0 rings (SSSR count). The van der Waals surface area contributed by atoms with Crippen molar-refractivity contribution >= 4 is 10.4 Å². The van der Waals surface area contributed by atoms with Crippen LogP contribution >= 0.6 is 0 Å². The Labute approximate surface area is 92.9 Å². The lowest BCUT2D eigenvalue weighted by molar-refractivity contribution is -0.870. The van der Waals surface area contributed by atoms with Crippen molar-refractivity contribution in [2.75, 3.05) is 48.5 Å². The van der Waals surface area contributed by atoms with Crippen LogP contribution < -0.4 is 5.73 Å². The Morgan fingerprint density at radius 3 is 1.60 bits per heavy atom. The number of hydrogen-bond acceptors (Lipinski definition) is 5. The number of quaternary nitrogens is 1. The number of hydrogen-bond donors (Lipinski definition) is 1. The molecule has 0 spiro atoms. The summed E-state index contributed by atoms with van der Waals surface area (Å²) in [6, 6.07) is 0. The third-order valence-corrected chi connectivity index (χ3v) is 2.26. The SMILES string of the molecule is COS(=O)(=O)OC.C[N+](C)(C)CCCN. The van der Waals surface area contributed by atoms with Crippen molar-refractivity contribution in [1.29, 1.82) is 0 Å². The smallest absolute Gasteiger partial charge is 0.331 e. The molecular formula is C8H23N2O4S+. The van der Waals surface area contributed by atoms with Gasteiger partial charge in [0.25, 0.3) is 0 Å². The molecule has 0 amide bonds. The highest BCUT2D eigenvalue weighted by atomic mass is 32.3.